The van der Waals surface area contributed by atoms with Gasteiger partial charge in [0.05, 0.1) is 0 Å². The number of aryl methyl sites for hydroxylation is 2. The lowest BCUT2D eigenvalue weighted by Gasteiger charge is -2.09. The van der Waals surface area contributed by atoms with Crippen LogP contribution >= 0.6 is 0 Å². The second kappa shape index (κ2) is 7.66. The van der Waals surface area contributed by atoms with E-state index < -0.39 is 23.1 Å². The van der Waals surface area contributed by atoms with Crippen LogP contribution in [-0.2, 0) is 12.8 Å². The molecule has 0 spiro atoms. The van der Waals surface area contributed by atoms with Crippen LogP contribution in [0.3, 0.4) is 0 Å². The molecule has 2 aromatic carbocycles. The van der Waals surface area contributed by atoms with E-state index in [0.717, 1.165) is 36.2 Å². The summed E-state index contributed by atoms with van der Waals surface area (Å²) in [6.45, 7) is 0. The van der Waals surface area contributed by atoms with Gasteiger partial charge in [0.1, 0.15) is 17.2 Å². The quantitative estimate of drug-likeness (QED) is 0.749. The summed E-state index contributed by atoms with van der Waals surface area (Å²) < 4.78 is 27.4. The topological polar surface area (TPSA) is 42.0 Å². The zero-order valence-electron chi connectivity index (χ0n) is 13.4. The van der Waals surface area contributed by atoms with Crippen molar-refractivity contribution in [1.29, 1.82) is 0 Å². The van der Waals surface area contributed by atoms with Crippen molar-refractivity contribution in [2.45, 2.75) is 12.8 Å². The monoisotopic (exact) mass is 338 g/mol. The van der Waals surface area contributed by atoms with Gasteiger partial charge in [0, 0.05) is 17.6 Å². The second-order valence-corrected chi connectivity index (χ2v) is 5.57. The first-order valence-corrected chi connectivity index (χ1v) is 7.88. The number of nitrogens with one attached hydrogen (secondary N) is 1. The van der Waals surface area contributed by atoms with Crippen LogP contribution < -0.4 is 5.32 Å². The number of aromatic nitrogens is 1. The number of carbonyl (C=O) groups excluding carboxylic acids is 1. The highest BCUT2D eigenvalue weighted by molar-refractivity contribution is 6.04. The van der Waals surface area contributed by atoms with Gasteiger partial charge in [0.25, 0.3) is 5.91 Å². The Morgan fingerprint density at radius 1 is 0.920 bits per heavy atom. The highest BCUT2D eigenvalue weighted by Crippen LogP contribution is 2.17. The van der Waals surface area contributed by atoms with Crippen LogP contribution in [0, 0.1) is 11.6 Å². The molecule has 3 aromatic rings. The molecule has 1 amide bonds. The van der Waals surface area contributed by atoms with Gasteiger partial charge in [0.15, 0.2) is 0 Å². The van der Waals surface area contributed by atoms with Crippen LogP contribution in [0.25, 0.3) is 0 Å². The van der Waals surface area contributed by atoms with Crippen molar-refractivity contribution >= 4 is 11.6 Å². The average molecular weight is 338 g/mol. The van der Waals surface area contributed by atoms with Gasteiger partial charge in [-0.3, -0.25) is 9.78 Å². The molecule has 25 heavy (non-hydrogen) atoms. The maximum absolute atomic E-state index is 13.7. The molecular weight excluding hydrogens is 322 g/mol. The van der Waals surface area contributed by atoms with E-state index in [0.29, 0.717) is 5.69 Å². The van der Waals surface area contributed by atoms with Gasteiger partial charge in [-0.25, -0.2) is 8.78 Å². The van der Waals surface area contributed by atoms with E-state index in [4.69, 9.17) is 0 Å². The molecule has 0 atom stereocenters. The zero-order valence-corrected chi connectivity index (χ0v) is 13.4. The van der Waals surface area contributed by atoms with Crippen LogP contribution in [0.1, 0.15) is 21.6 Å². The van der Waals surface area contributed by atoms with E-state index in [1.54, 1.807) is 24.4 Å². The Kier molecular flexibility index (Phi) is 5.14. The number of rotatable bonds is 5. The Balaban J connectivity index is 1.70. The highest BCUT2D eigenvalue weighted by Gasteiger charge is 2.17. The van der Waals surface area contributed by atoms with Gasteiger partial charge in [0.2, 0.25) is 0 Å². The lowest BCUT2D eigenvalue weighted by atomic mass is 10.1. The second-order valence-electron chi connectivity index (χ2n) is 5.57. The van der Waals surface area contributed by atoms with Crippen LogP contribution in [0.5, 0.6) is 0 Å². The molecule has 0 saturated carbocycles. The van der Waals surface area contributed by atoms with Gasteiger partial charge in [-0.05, 0) is 54.8 Å². The molecular formula is C20H16F2N2O. The molecule has 5 heteroatoms. The molecule has 0 fully saturated rings. The molecule has 0 aliphatic rings. The van der Waals surface area contributed by atoms with E-state index in [2.05, 4.69) is 10.3 Å². The minimum absolute atomic E-state index is 0.492. The fraction of sp³-hybridized carbons (Fsp3) is 0.100. The van der Waals surface area contributed by atoms with Crippen molar-refractivity contribution in [3.05, 3.63) is 95.3 Å². The maximum Gasteiger partial charge on any atom is 0.261 e. The minimum Gasteiger partial charge on any atom is -0.322 e. The first-order valence-electron chi connectivity index (χ1n) is 7.88. The van der Waals surface area contributed by atoms with Crippen molar-refractivity contribution in [3.8, 4) is 0 Å². The molecule has 0 radical (unpaired) electrons. The van der Waals surface area contributed by atoms with E-state index in [9.17, 15) is 13.6 Å². The summed E-state index contributed by atoms with van der Waals surface area (Å²) in [5.74, 6) is -2.58. The van der Waals surface area contributed by atoms with Crippen LogP contribution in [0.15, 0.2) is 66.9 Å². The minimum atomic E-state index is -0.885. The lowest BCUT2D eigenvalue weighted by molar-refractivity contribution is 0.101. The number of anilines is 1. The molecule has 0 saturated heterocycles. The fourth-order valence-electron chi connectivity index (χ4n) is 2.53. The fourth-order valence-corrected chi connectivity index (χ4v) is 2.53. The normalized spacial score (nSPS) is 10.5. The van der Waals surface area contributed by atoms with Crippen molar-refractivity contribution in [3.63, 3.8) is 0 Å². The molecule has 1 aromatic heterocycles. The van der Waals surface area contributed by atoms with E-state index in [1.165, 1.54) is 6.07 Å². The number of carbonyl (C=O) groups is 1. The maximum atomic E-state index is 13.7. The van der Waals surface area contributed by atoms with Gasteiger partial charge in [-0.1, -0.05) is 24.3 Å². The van der Waals surface area contributed by atoms with Crippen molar-refractivity contribution in [2.75, 3.05) is 5.32 Å². The number of benzene rings is 2. The van der Waals surface area contributed by atoms with Gasteiger partial charge < -0.3 is 5.32 Å². The third-order valence-corrected chi connectivity index (χ3v) is 3.77. The Morgan fingerprint density at radius 2 is 1.68 bits per heavy atom. The summed E-state index contributed by atoms with van der Waals surface area (Å²) in [5, 5.41) is 2.54. The molecule has 0 aliphatic carbocycles. The molecule has 3 nitrogen and oxygen atoms in total. The predicted octanol–water partition coefficient (Wildman–Crippen LogP) is 4.40. The smallest absolute Gasteiger partial charge is 0.261 e. The summed E-state index contributed by atoms with van der Waals surface area (Å²) in [6, 6.07) is 16.3. The van der Waals surface area contributed by atoms with Crippen molar-refractivity contribution < 1.29 is 13.6 Å². The molecule has 1 N–H and O–H groups in total. The molecule has 0 bridgehead atoms. The summed E-state index contributed by atoms with van der Waals surface area (Å²) in [7, 11) is 0. The first-order chi connectivity index (χ1) is 12.1. The van der Waals surface area contributed by atoms with E-state index in [-0.39, 0.29) is 0 Å². The zero-order chi connectivity index (χ0) is 17.6. The van der Waals surface area contributed by atoms with Gasteiger partial charge in [-0.15, -0.1) is 0 Å². The predicted molar refractivity (Wildman–Crippen MR) is 92.4 cm³/mol. The third kappa shape index (κ3) is 4.26. The molecule has 3 rings (SSSR count). The summed E-state index contributed by atoms with van der Waals surface area (Å²) in [5.41, 5.74) is 1.88. The number of nitrogens with zero attached hydrogens (tertiary/aromatic N) is 1. The third-order valence-electron chi connectivity index (χ3n) is 3.77. The first kappa shape index (κ1) is 16.8. The summed E-state index contributed by atoms with van der Waals surface area (Å²) >= 11 is 0. The Morgan fingerprint density at radius 3 is 2.40 bits per heavy atom. The number of pyridine rings is 1. The summed E-state index contributed by atoms with van der Waals surface area (Å²) in [4.78, 5) is 16.4. The van der Waals surface area contributed by atoms with Gasteiger partial charge >= 0.3 is 0 Å². The highest BCUT2D eigenvalue weighted by atomic mass is 19.1. The Bertz CT molecular complexity index is 862. The van der Waals surface area contributed by atoms with Crippen LogP contribution in [-0.4, -0.2) is 10.9 Å². The summed E-state index contributed by atoms with van der Waals surface area (Å²) in [6.07, 6.45) is 3.25. The standard InChI is InChI=1S/C20H16F2N2O/c21-17-8-4-9-18(22)19(17)20(25)24-16-7-3-5-14(13-16)10-11-15-6-1-2-12-23-15/h1-9,12-13H,10-11H2,(H,24,25). The number of hydrogen-bond donors (Lipinski definition) is 1. The largest absolute Gasteiger partial charge is 0.322 e. The average Bonchev–Trinajstić information content (AvgIpc) is 2.61. The molecule has 1 heterocycles. The Labute approximate surface area is 144 Å². The lowest BCUT2D eigenvalue weighted by Crippen LogP contribution is -2.15. The number of halogens is 2. The molecule has 0 unspecified atom stereocenters. The number of hydrogen-bond acceptors (Lipinski definition) is 2. The van der Waals surface area contributed by atoms with E-state index in [1.807, 2.05) is 24.3 Å². The Hall–Kier alpha value is -3.08. The molecule has 0 aliphatic heterocycles. The van der Waals surface area contributed by atoms with Crippen LogP contribution in [0.2, 0.25) is 0 Å². The van der Waals surface area contributed by atoms with Crippen molar-refractivity contribution in [1.82, 2.24) is 4.98 Å². The van der Waals surface area contributed by atoms with E-state index >= 15 is 0 Å². The SMILES string of the molecule is O=C(Nc1cccc(CCc2ccccn2)c1)c1c(F)cccc1F. The van der Waals surface area contributed by atoms with Crippen LogP contribution in [0.4, 0.5) is 14.5 Å². The van der Waals surface area contributed by atoms with Crippen molar-refractivity contribution in [2.24, 2.45) is 0 Å². The number of amides is 1. The van der Waals surface area contributed by atoms with Gasteiger partial charge in [-0.2, -0.15) is 0 Å². The molecule has 126 valence electrons.